The van der Waals surface area contributed by atoms with Crippen molar-refractivity contribution in [2.75, 3.05) is 0 Å². The van der Waals surface area contributed by atoms with Gasteiger partial charge in [-0.1, -0.05) is 43.6 Å². The highest BCUT2D eigenvalue weighted by atomic mass is 35.5. The Morgan fingerprint density at radius 3 is 2.58 bits per heavy atom. The molecule has 3 rings (SSSR count). The molecule has 1 aliphatic heterocycles. The molecule has 2 aromatic carbocycles. The van der Waals surface area contributed by atoms with Crippen LogP contribution in [-0.4, -0.2) is 17.8 Å². The minimum Gasteiger partial charge on any atom is -0.426 e. The van der Waals surface area contributed by atoms with Gasteiger partial charge in [-0.2, -0.15) is 0 Å². The molecule has 0 spiro atoms. The summed E-state index contributed by atoms with van der Waals surface area (Å²) in [6.45, 7) is 3.53. The molecule has 0 saturated carbocycles. The Balaban J connectivity index is 1.79. The molecule has 0 aliphatic carbocycles. The maximum atomic E-state index is 12.0. The van der Waals surface area contributed by atoms with Gasteiger partial charge in [-0.25, -0.2) is 9.79 Å². The standard InChI is InChI=1S/C20H16ClNO4/c1-12(2)19(23)25-16-8-6-13(7-9-16)10-17-20(24)26-18(22-17)14-4-3-5-15(21)11-14/h3-12H,1-2H3/b17-10-. The lowest BCUT2D eigenvalue weighted by Crippen LogP contribution is -2.14. The molecule has 0 amide bonds. The van der Waals surface area contributed by atoms with Gasteiger partial charge in [0.1, 0.15) is 5.75 Å². The molecular weight excluding hydrogens is 354 g/mol. The first kappa shape index (κ1) is 17.9. The summed E-state index contributed by atoms with van der Waals surface area (Å²) >= 11 is 5.95. The van der Waals surface area contributed by atoms with Gasteiger partial charge in [0.2, 0.25) is 5.90 Å². The Bertz CT molecular complexity index is 914. The fourth-order valence-corrected chi connectivity index (χ4v) is 2.37. The van der Waals surface area contributed by atoms with Gasteiger partial charge >= 0.3 is 11.9 Å². The fraction of sp³-hybridized carbons (Fsp3) is 0.150. The van der Waals surface area contributed by atoms with Gasteiger partial charge in [0.25, 0.3) is 0 Å². The lowest BCUT2D eigenvalue weighted by Gasteiger charge is -2.06. The van der Waals surface area contributed by atoms with Crippen LogP contribution in [0.2, 0.25) is 5.02 Å². The van der Waals surface area contributed by atoms with Crippen LogP contribution in [0.5, 0.6) is 5.75 Å². The predicted molar refractivity (Wildman–Crippen MR) is 99.0 cm³/mol. The van der Waals surface area contributed by atoms with Gasteiger partial charge in [-0.3, -0.25) is 4.79 Å². The van der Waals surface area contributed by atoms with E-state index >= 15 is 0 Å². The third kappa shape index (κ3) is 4.18. The molecule has 0 unspecified atom stereocenters. The van der Waals surface area contributed by atoms with Gasteiger partial charge < -0.3 is 9.47 Å². The number of nitrogens with zero attached hydrogens (tertiary/aromatic N) is 1. The first-order valence-corrected chi connectivity index (χ1v) is 8.40. The zero-order valence-electron chi connectivity index (χ0n) is 14.2. The van der Waals surface area contributed by atoms with E-state index in [1.807, 2.05) is 0 Å². The van der Waals surface area contributed by atoms with Crippen LogP contribution >= 0.6 is 11.6 Å². The molecule has 1 heterocycles. The summed E-state index contributed by atoms with van der Waals surface area (Å²) in [6, 6.07) is 13.7. The molecule has 0 aromatic heterocycles. The summed E-state index contributed by atoms with van der Waals surface area (Å²) in [5.41, 5.74) is 1.55. The lowest BCUT2D eigenvalue weighted by molar-refractivity contribution is -0.137. The predicted octanol–water partition coefficient (Wildman–Crippen LogP) is 4.25. The van der Waals surface area contributed by atoms with E-state index in [1.165, 1.54) is 0 Å². The molecule has 0 bridgehead atoms. The summed E-state index contributed by atoms with van der Waals surface area (Å²) in [5, 5.41) is 0.533. The number of esters is 2. The largest absolute Gasteiger partial charge is 0.426 e. The summed E-state index contributed by atoms with van der Waals surface area (Å²) in [7, 11) is 0. The van der Waals surface area contributed by atoms with E-state index in [-0.39, 0.29) is 23.5 Å². The molecule has 26 heavy (non-hydrogen) atoms. The number of halogens is 1. The number of carbonyl (C=O) groups is 2. The highest BCUT2D eigenvalue weighted by molar-refractivity contribution is 6.31. The van der Waals surface area contributed by atoms with Crippen molar-refractivity contribution in [1.82, 2.24) is 0 Å². The van der Waals surface area contributed by atoms with E-state index in [0.29, 0.717) is 16.3 Å². The molecule has 6 heteroatoms. The molecule has 0 N–H and O–H groups in total. The Morgan fingerprint density at radius 2 is 1.92 bits per heavy atom. The van der Waals surface area contributed by atoms with Crippen molar-refractivity contribution in [2.45, 2.75) is 13.8 Å². The van der Waals surface area contributed by atoms with E-state index in [9.17, 15) is 9.59 Å². The number of aliphatic imine (C=N–C) groups is 1. The molecular formula is C20H16ClNO4. The monoisotopic (exact) mass is 369 g/mol. The van der Waals surface area contributed by atoms with Gasteiger partial charge in [-0.05, 0) is 42.0 Å². The third-order valence-electron chi connectivity index (χ3n) is 3.57. The van der Waals surface area contributed by atoms with Crippen molar-refractivity contribution in [3.05, 3.63) is 70.4 Å². The molecule has 0 atom stereocenters. The third-order valence-corrected chi connectivity index (χ3v) is 3.80. The van der Waals surface area contributed by atoms with Gasteiger partial charge in [0.05, 0.1) is 5.92 Å². The van der Waals surface area contributed by atoms with Crippen molar-refractivity contribution >= 4 is 35.5 Å². The molecule has 132 valence electrons. The highest BCUT2D eigenvalue weighted by Gasteiger charge is 2.24. The van der Waals surface area contributed by atoms with Crippen molar-refractivity contribution < 1.29 is 19.1 Å². The second-order valence-corrected chi connectivity index (χ2v) is 6.43. The minimum absolute atomic E-state index is 0.187. The van der Waals surface area contributed by atoms with Crippen LogP contribution in [0, 0.1) is 5.92 Å². The van der Waals surface area contributed by atoms with E-state index in [0.717, 1.165) is 5.56 Å². The number of cyclic esters (lactones) is 1. The number of ether oxygens (including phenoxy) is 2. The van der Waals surface area contributed by atoms with Crippen LogP contribution in [0.3, 0.4) is 0 Å². The van der Waals surface area contributed by atoms with Crippen molar-refractivity contribution in [3.63, 3.8) is 0 Å². The minimum atomic E-state index is -0.532. The normalized spacial score (nSPS) is 15.2. The SMILES string of the molecule is CC(C)C(=O)Oc1ccc(/C=C2\N=C(c3cccc(Cl)c3)OC2=O)cc1. The van der Waals surface area contributed by atoms with Crippen molar-refractivity contribution in [1.29, 1.82) is 0 Å². The van der Waals surface area contributed by atoms with Crippen LogP contribution in [0.4, 0.5) is 0 Å². The average Bonchev–Trinajstić information content (AvgIpc) is 2.97. The quantitative estimate of drug-likeness (QED) is 0.459. The number of hydrogen-bond donors (Lipinski definition) is 0. The summed E-state index contributed by atoms with van der Waals surface area (Å²) in [6.07, 6.45) is 1.61. The molecule has 0 radical (unpaired) electrons. The summed E-state index contributed by atoms with van der Waals surface area (Å²) < 4.78 is 10.4. The summed E-state index contributed by atoms with van der Waals surface area (Å²) in [5.74, 6) is -0.375. The van der Waals surface area contributed by atoms with E-state index in [4.69, 9.17) is 21.1 Å². The van der Waals surface area contributed by atoms with Crippen LogP contribution < -0.4 is 4.74 Å². The zero-order chi connectivity index (χ0) is 18.7. The van der Waals surface area contributed by atoms with Crippen LogP contribution in [0.15, 0.2) is 59.2 Å². The Kier molecular flexibility index (Phi) is 5.19. The van der Waals surface area contributed by atoms with E-state index < -0.39 is 5.97 Å². The number of hydrogen-bond acceptors (Lipinski definition) is 5. The van der Waals surface area contributed by atoms with Crippen LogP contribution in [-0.2, 0) is 14.3 Å². The smallest absolute Gasteiger partial charge is 0.363 e. The average molecular weight is 370 g/mol. The summed E-state index contributed by atoms with van der Waals surface area (Å²) in [4.78, 5) is 27.9. The molecule has 0 fully saturated rings. The maximum Gasteiger partial charge on any atom is 0.363 e. The van der Waals surface area contributed by atoms with Crippen LogP contribution in [0.1, 0.15) is 25.0 Å². The second kappa shape index (κ2) is 7.54. The van der Waals surface area contributed by atoms with Gasteiger partial charge in [0.15, 0.2) is 5.70 Å². The van der Waals surface area contributed by atoms with Crippen molar-refractivity contribution in [2.24, 2.45) is 10.9 Å². The van der Waals surface area contributed by atoms with E-state index in [2.05, 4.69) is 4.99 Å². The molecule has 5 nitrogen and oxygen atoms in total. The number of rotatable bonds is 4. The number of carbonyl (C=O) groups excluding carboxylic acids is 2. The first-order chi connectivity index (χ1) is 12.4. The molecule has 0 saturated heterocycles. The van der Waals surface area contributed by atoms with E-state index in [1.54, 1.807) is 68.5 Å². The van der Waals surface area contributed by atoms with Gasteiger partial charge in [-0.15, -0.1) is 0 Å². The van der Waals surface area contributed by atoms with Crippen molar-refractivity contribution in [3.8, 4) is 5.75 Å². The van der Waals surface area contributed by atoms with Gasteiger partial charge in [0, 0.05) is 10.6 Å². The highest BCUT2D eigenvalue weighted by Crippen LogP contribution is 2.22. The maximum absolute atomic E-state index is 12.0. The van der Waals surface area contributed by atoms with Crippen LogP contribution in [0.25, 0.3) is 6.08 Å². The Hall–Kier alpha value is -2.92. The second-order valence-electron chi connectivity index (χ2n) is 5.99. The fourth-order valence-electron chi connectivity index (χ4n) is 2.18. The first-order valence-electron chi connectivity index (χ1n) is 8.02. The zero-order valence-corrected chi connectivity index (χ0v) is 15.0. The topological polar surface area (TPSA) is 65.0 Å². The lowest BCUT2D eigenvalue weighted by atomic mass is 10.2. The Morgan fingerprint density at radius 1 is 1.19 bits per heavy atom. The molecule has 2 aromatic rings. The Labute approximate surface area is 155 Å². The number of benzene rings is 2. The molecule has 1 aliphatic rings.